The highest BCUT2D eigenvalue weighted by atomic mass is 31.1. The first kappa shape index (κ1) is 2.31. The maximum absolute atomic E-state index is 9.48. The molecule has 0 radical (unpaired) electrons. The summed E-state index contributed by atoms with van der Waals surface area (Å²) in [5, 5.41) is 0. The van der Waals surface area contributed by atoms with Gasteiger partial charge in [-0.3, -0.25) is 0 Å². The number of hydrogen-bond donors (Lipinski definition) is 0. The quantitative estimate of drug-likeness (QED) is 0.315. The summed E-state index contributed by atoms with van der Waals surface area (Å²) in [7, 11) is -1.12. The Labute approximate surface area is 24.6 Å². The minimum Gasteiger partial charge on any atom is -0.0879 e. The van der Waals surface area contributed by atoms with Crippen molar-refractivity contribution in [2.45, 2.75) is 0 Å². The highest BCUT2D eigenvalue weighted by molar-refractivity contribution is 7.45. The first-order valence-electron chi connectivity index (χ1n) is 0.970. The van der Waals surface area contributed by atoms with Gasteiger partial charge >= 0.3 is 14.4 Å². The zero-order valence-electron chi connectivity index (χ0n) is 1.97. The normalized spacial score (nSPS) is 30.5. The predicted molar refractivity (Wildman–Crippen MR) is 13.6 cm³/mol. The van der Waals surface area contributed by atoms with Crippen LogP contribution in [0.25, 0.3) is 0 Å². The van der Waals surface area contributed by atoms with Crippen LogP contribution >= 0.6 is 8.03 Å². The van der Waals surface area contributed by atoms with Crippen molar-refractivity contribution >= 4 is 8.03 Å². The Kier molecular flexibility index (Phi) is 0.292. The summed E-state index contributed by atoms with van der Waals surface area (Å²) in [6.07, 6.45) is 0.495. The van der Waals surface area contributed by atoms with Crippen LogP contribution in [0.15, 0.2) is 0 Å². The van der Waals surface area contributed by atoms with Crippen LogP contribution < -0.4 is 0 Å². The van der Waals surface area contributed by atoms with E-state index in [9.17, 15) is 4.57 Å². The zero-order valence-corrected chi connectivity index (χ0v) is 2.87. The van der Waals surface area contributed by atoms with Crippen molar-refractivity contribution in [3.05, 3.63) is 0 Å². The molecule has 0 aromatic heterocycles. The van der Waals surface area contributed by atoms with Crippen LogP contribution in [0.5, 0.6) is 0 Å². The summed E-state index contributed by atoms with van der Waals surface area (Å²) in [6.45, 7) is 0. The molecule has 1 fully saturated rings. The summed E-state index contributed by atoms with van der Waals surface area (Å²) in [5.41, 5.74) is 0. The van der Waals surface area contributed by atoms with Gasteiger partial charge in [0.25, 0.3) is 0 Å². The van der Waals surface area contributed by atoms with E-state index in [0.717, 1.165) is 0 Å². The Morgan fingerprint density at radius 2 is 2.25 bits per heavy atom. The molecule has 1 heterocycles. The standard InChI is InChI=1S/CH2O2P/c2-4-1-3-4/h1H2/q+1. The lowest BCUT2D eigenvalue weighted by molar-refractivity contribution is 0.528. The maximum atomic E-state index is 9.48. The second-order valence-corrected chi connectivity index (χ2v) is 1.77. The second-order valence-electron chi connectivity index (χ2n) is 0.591. The minimum absolute atomic E-state index is 0.495. The molecule has 0 aliphatic carbocycles. The van der Waals surface area contributed by atoms with Gasteiger partial charge < -0.3 is 0 Å². The van der Waals surface area contributed by atoms with Crippen molar-refractivity contribution in [1.29, 1.82) is 0 Å². The molecule has 1 aliphatic rings. The van der Waals surface area contributed by atoms with Gasteiger partial charge in [0.2, 0.25) is 0 Å². The highest BCUT2D eigenvalue weighted by Crippen LogP contribution is 2.38. The van der Waals surface area contributed by atoms with E-state index in [0.29, 0.717) is 6.35 Å². The summed E-state index contributed by atoms with van der Waals surface area (Å²) >= 11 is 0. The molecule has 1 unspecified atom stereocenters. The Morgan fingerprint density at radius 1 is 2.00 bits per heavy atom. The van der Waals surface area contributed by atoms with Gasteiger partial charge in [-0.25, -0.2) is 0 Å². The highest BCUT2D eigenvalue weighted by Gasteiger charge is 2.37. The Bertz CT molecular complexity index is 44.0. The largest absolute Gasteiger partial charge is 0.546 e. The third-order valence-electron chi connectivity index (χ3n) is 0.235. The van der Waals surface area contributed by atoms with Gasteiger partial charge in [0, 0.05) is 0 Å². The van der Waals surface area contributed by atoms with Crippen molar-refractivity contribution in [2.24, 2.45) is 0 Å². The molecule has 0 saturated carbocycles. The van der Waals surface area contributed by atoms with Crippen LogP contribution in [-0.4, -0.2) is 6.35 Å². The average Bonchev–Trinajstić information content (AvgIpc) is 1.75. The maximum Gasteiger partial charge on any atom is 0.546 e. The van der Waals surface area contributed by atoms with E-state index in [4.69, 9.17) is 0 Å². The Hall–Kier alpha value is 0.0600. The fourth-order valence-corrected chi connectivity index (χ4v) is 0.212. The predicted octanol–water partition coefficient (Wildman–Crippen LogP) is 0.716. The monoisotopic (exact) mass is 77.0 g/mol. The first-order valence-corrected chi connectivity index (χ1v) is 2.33. The lowest BCUT2D eigenvalue weighted by Crippen LogP contribution is -1.14. The molecule has 1 aliphatic heterocycles. The van der Waals surface area contributed by atoms with Crippen molar-refractivity contribution in [1.82, 2.24) is 0 Å². The van der Waals surface area contributed by atoms with Crippen molar-refractivity contribution in [3.8, 4) is 0 Å². The molecule has 0 amide bonds. The fraction of sp³-hybridized carbons (Fsp3) is 1.00. The smallest absolute Gasteiger partial charge is 0.0879 e. The second kappa shape index (κ2) is 0.507. The summed E-state index contributed by atoms with van der Waals surface area (Å²) in [5.74, 6) is 0. The van der Waals surface area contributed by atoms with Crippen LogP contribution in [0.1, 0.15) is 0 Å². The molecule has 3 heteroatoms. The average molecular weight is 77.0 g/mol. The van der Waals surface area contributed by atoms with Crippen LogP contribution in [0.4, 0.5) is 0 Å². The molecular weight excluding hydrogens is 75.0 g/mol. The summed E-state index contributed by atoms with van der Waals surface area (Å²) < 4.78 is 13.7. The fourth-order valence-electron chi connectivity index (χ4n) is 0.0236. The van der Waals surface area contributed by atoms with E-state index < -0.39 is 8.03 Å². The SMILES string of the molecule is O=[P+]1CO1. The molecule has 4 heavy (non-hydrogen) atoms. The first-order chi connectivity index (χ1) is 1.89. The molecule has 1 atom stereocenters. The summed E-state index contributed by atoms with van der Waals surface area (Å²) in [6, 6.07) is 0. The molecule has 0 N–H and O–H groups in total. The van der Waals surface area contributed by atoms with E-state index in [-0.39, 0.29) is 0 Å². The molecule has 1 saturated heterocycles. The number of rotatable bonds is 0. The van der Waals surface area contributed by atoms with Crippen LogP contribution in [0.3, 0.4) is 0 Å². The molecule has 0 aromatic carbocycles. The zero-order chi connectivity index (χ0) is 2.99. The van der Waals surface area contributed by atoms with Gasteiger partial charge in [-0.05, 0) is 4.57 Å². The van der Waals surface area contributed by atoms with Gasteiger partial charge in [-0.2, -0.15) is 0 Å². The molecular formula is CH2O2P+. The van der Waals surface area contributed by atoms with Gasteiger partial charge in [-0.15, -0.1) is 0 Å². The third kappa shape index (κ3) is 0.247. The van der Waals surface area contributed by atoms with E-state index in [1.165, 1.54) is 0 Å². The Morgan fingerprint density at radius 3 is 2.25 bits per heavy atom. The van der Waals surface area contributed by atoms with Crippen LogP contribution in [0, 0.1) is 0 Å². The molecule has 0 spiro atoms. The topological polar surface area (TPSA) is 29.6 Å². The van der Waals surface area contributed by atoms with E-state index in [1.54, 1.807) is 0 Å². The van der Waals surface area contributed by atoms with Gasteiger partial charge in [0.15, 0.2) is 0 Å². The van der Waals surface area contributed by atoms with Crippen LogP contribution in [-0.2, 0) is 9.09 Å². The van der Waals surface area contributed by atoms with Crippen molar-refractivity contribution < 1.29 is 9.09 Å². The molecule has 0 aromatic rings. The number of hydrogen-bond acceptors (Lipinski definition) is 2. The van der Waals surface area contributed by atoms with Crippen LogP contribution in [0.2, 0.25) is 0 Å². The molecule has 1 rings (SSSR count). The lowest BCUT2D eigenvalue weighted by atomic mass is 11.7. The molecule has 22 valence electrons. The van der Waals surface area contributed by atoms with E-state index in [1.807, 2.05) is 0 Å². The molecule has 0 bridgehead atoms. The van der Waals surface area contributed by atoms with E-state index in [2.05, 4.69) is 4.52 Å². The third-order valence-corrected chi connectivity index (χ3v) is 0.704. The van der Waals surface area contributed by atoms with Gasteiger partial charge in [0.1, 0.15) is 0 Å². The summed E-state index contributed by atoms with van der Waals surface area (Å²) in [4.78, 5) is 0. The lowest BCUT2D eigenvalue weighted by Gasteiger charge is -1.03. The van der Waals surface area contributed by atoms with Gasteiger partial charge in [-0.1, -0.05) is 4.52 Å². The van der Waals surface area contributed by atoms with E-state index >= 15 is 0 Å². The Balaban J connectivity index is 2.60. The van der Waals surface area contributed by atoms with Crippen molar-refractivity contribution in [2.75, 3.05) is 6.35 Å². The minimum atomic E-state index is -1.12. The van der Waals surface area contributed by atoms with Gasteiger partial charge in [0.05, 0.1) is 0 Å². The van der Waals surface area contributed by atoms with Crippen molar-refractivity contribution in [3.63, 3.8) is 0 Å². The molecule has 2 nitrogen and oxygen atoms in total.